The van der Waals surface area contributed by atoms with E-state index in [0.29, 0.717) is 6.54 Å². The number of carbonyl (C=O) groups is 1. The predicted molar refractivity (Wildman–Crippen MR) is 62.5 cm³/mol. The van der Waals surface area contributed by atoms with Crippen LogP contribution in [-0.4, -0.2) is 22.4 Å². The van der Waals surface area contributed by atoms with Crippen LogP contribution in [0.2, 0.25) is 0 Å². The molecule has 0 saturated heterocycles. The van der Waals surface area contributed by atoms with Crippen molar-refractivity contribution in [2.24, 2.45) is 5.92 Å². The van der Waals surface area contributed by atoms with Gasteiger partial charge in [0.15, 0.2) is 0 Å². The lowest BCUT2D eigenvalue weighted by atomic mass is 10.2. The molecule has 0 aliphatic rings. The lowest BCUT2D eigenvalue weighted by Crippen LogP contribution is -2.28. The van der Waals surface area contributed by atoms with E-state index >= 15 is 0 Å². The number of carbonyl (C=O) groups excluding carboxylic acids is 1. The number of anilines is 1. The summed E-state index contributed by atoms with van der Waals surface area (Å²) >= 11 is 0. The molecule has 0 fully saturated rings. The first-order valence-electron chi connectivity index (χ1n) is 5.10. The van der Waals surface area contributed by atoms with Gasteiger partial charge in [-0.1, -0.05) is 13.8 Å². The van der Waals surface area contributed by atoms with Gasteiger partial charge in [-0.3, -0.25) is 14.9 Å². The molecule has 17 heavy (non-hydrogen) atoms. The molecule has 7 nitrogen and oxygen atoms in total. The third-order valence-corrected chi connectivity index (χ3v) is 2.03. The Bertz CT molecular complexity index is 445. The summed E-state index contributed by atoms with van der Waals surface area (Å²) in [6, 6.07) is 1.12. The maximum atomic E-state index is 11.7. The van der Waals surface area contributed by atoms with Crippen LogP contribution in [0.25, 0.3) is 0 Å². The van der Waals surface area contributed by atoms with Gasteiger partial charge in [-0.25, -0.2) is 4.98 Å². The Balaban J connectivity index is 2.92. The maximum absolute atomic E-state index is 11.7. The number of pyridine rings is 1. The number of nitrogens with one attached hydrogen (secondary N) is 1. The molecule has 0 bridgehead atoms. The van der Waals surface area contributed by atoms with Gasteiger partial charge in [0, 0.05) is 12.6 Å². The van der Waals surface area contributed by atoms with Crippen LogP contribution in [0.1, 0.15) is 24.2 Å². The summed E-state index contributed by atoms with van der Waals surface area (Å²) in [6.45, 7) is 4.35. The monoisotopic (exact) mass is 238 g/mol. The van der Waals surface area contributed by atoms with E-state index in [2.05, 4.69) is 10.3 Å². The first-order chi connectivity index (χ1) is 7.91. The first kappa shape index (κ1) is 12.9. The minimum absolute atomic E-state index is 0.0168. The van der Waals surface area contributed by atoms with Crippen molar-refractivity contribution in [3.05, 3.63) is 27.9 Å². The molecule has 0 atom stereocenters. The number of amides is 1. The number of nitro groups is 1. The van der Waals surface area contributed by atoms with Crippen LogP contribution in [-0.2, 0) is 0 Å². The van der Waals surface area contributed by atoms with E-state index in [0.717, 1.165) is 12.3 Å². The molecule has 1 aromatic rings. The van der Waals surface area contributed by atoms with E-state index in [1.807, 2.05) is 13.8 Å². The standard InChI is InChI=1S/C10H14N4O3/c1-6(2)4-13-10(15)8-3-7(14(16)17)5-12-9(8)11/h3,5-6H,4H2,1-2H3,(H2,11,12)(H,13,15). The van der Waals surface area contributed by atoms with E-state index in [1.54, 1.807) is 0 Å². The summed E-state index contributed by atoms with van der Waals surface area (Å²) in [5.41, 5.74) is 5.27. The topological polar surface area (TPSA) is 111 Å². The highest BCUT2D eigenvalue weighted by Gasteiger charge is 2.16. The summed E-state index contributed by atoms with van der Waals surface area (Å²) in [4.78, 5) is 25.2. The van der Waals surface area contributed by atoms with Crippen molar-refractivity contribution < 1.29 is 9.72 Å². The number of hydrogen-bond acceptors (Lipinski definition) is 5. The average molecular weight is 238 g/mol. The number of hydrogen-bond donors (Lipinski definition) is 2. The summed E-state index contributed by atoms with van der Waals surface area (Å²) in [6.07, 6.45) is 1.02. The zero-order valence-corrected chi connectivity index (χ0v) is 9.64. The van der Waals surface area contributed by atoms with Crippen molar-refractivity contribution in [3.63, 3.8) is 0 Å². The zero-order chi connectivity index (χ0) is 13.0. The smallest absolute Gasteiger partial charge is 0.288 e. The molecule has 1 amide bonds. The van der Waals surface area contributed by atoms with Crippen molar-refractivity contribution in [2.75, 3.05) is 12.3 Å². The minimum atomic E-state index is -0.619. The second kappa shape index (κ2) is 5.24. The summed E-state index contributed by atoms with van der Waals surface area (Å²) in [5, 5.41) is 13.2. The number of aromatic nitrogens is 1. The molecule has 92 valence electrons. The fourth-order valence-corrected chi connectivity index (χ4v) is 1.14. The van der Waals surface area contributed by atoms with Crippen LogP contribution >= 0.6 is 0 Å². The average Bonchev–Trinajstić information content (AvgIpc) is 2.26. The highest BCUT2D eigenvalue weighted by atomic mass is 16.6. The summed E-state index contributed by atoms with van der Waals surface area (Å²) in [5.74, 6) is -0.184. The maximum Gasteiger partial charge on any atom is 0.288 e. The van der Waals surface area contributed by atoms with Gasteiger partial charge in [0.05, 0.1) is 10.5 Å². The zero-order valence-electron chi connectivity index (χ0n) is 9.64. The normalized spacial score (nSPS) is 10.3. The van der Waals surface area contributed by atoms with E-state index in [1.165, 1.54) is 0 Å². The number of nitrogen functional groups attached to an aromatic ring is 1. The molecule has 3 N–H and O–H groups in total. The quantitative estimate of drug-likeness (QED) is 0.599. The van der Waals surface area contributed by atoms with Gasteiger partial charge in [-0.05, 0) is 5.92 Å². The van der Waals surface area contributed by atoms with E-state index in [9.17, 15) is 14.9 Å². The van der Waals surface area contributed by atoms with Crippen LogP contribution in [0.5, 0.6) is 0 Å². The second-order valence-electron chi connectivity index (χ2n) is 3.99. The van der Waals surface area contributed by atoms with Crippen molar-refractivity contribution in [1.82, 2.24) is 10.3 Å². The Hall–Kier alpha value is -2.18. The van der Waals surface area contributed by atoms with Gasteiger partial charge in [-0.2, -0.15) is 0 Å². The van der Waals surface area contributed by atoms with Gasteiger partial charge in [0.2, 0.25) is 0 Å². The van der Waals surface area contributed by atoms with Crippen molar-refractivity contribution in [3.8, 4) is 0 Å². The molecule has 7 heteroatoms. The van der Waals surface area contributed by atoms with Crippen LogP contribution in [0, 0.1) is 16.0 Å². The fraction of sp³-hybridized carbons (Fsp3) is 0.400. The van der Waals surface area contributed by atoms with E-state index in [4.69, 9.17) is 5.73 Å². The molecule has 0 aromatic carbocycles. The SMILES string of the molecule is CC(C)CNC(=O)c1cc([N+](=O)[O-])cnc1N. The third kappa shape index (κ3) is 3.40. The molecule has 1 aromatic heterocycles. The van der Waals surface area contributed by atoms with Gasteiger partial charge in [-0.15, -0.1) is 0 Å². The largest absolute Gasteiger partial charge is 0.383 e. The molecular weight excluding hydrogens is 224 g/mol. The highest BCUT2D eigenvalue weighted by Crippen LogP contribution is 2.16. The van der Waals surface area contributed by atoms with Crippen LogP contribution in [0.3, 0.4) is 0 Å². The molecule has 1 rings (SSSR count). The number of rotatable bonds is 4. The van der Waals surface area contributed by atoms with Crippen LogP contribution in [0.15, 0.2) is 12.3 Å². The molecule has 0 aliphatic heterocycles. The van der Waals surface area contributed by atoms with Gasteiger partial charge < -0.3 is 11.1 Å². The molecule has 0 radical (unpaired) electrons. The van der Waals surface area contributed by atoms with E-state index < -0.39 is 10.8 Å². The Kier molecular flexibility index (Phi) is 3.97. The Morgan fingerprint density at radius 2 is 2.29 bits per heavy atom. The molecule has 0 saturated carbocycles. The van der Waals surface area contributed by atoms with Crippen LogP contribution < -0.4 is 11.1 Å². The molecular formula is C10H14N4O3. The Morgan fingerprint density at radius 1 is 1.65 bits per heavy atom. The number of nitrogens with two attached hydrogens (primary N) is 1. The fourth-order valence-electron chi connectivity index (χ4n) is 1.14. The Labute approximate surface area is 98.2 Å². The summed E-state index contributed by atoms with van der Waals surface area (Å²) in [7, 11) is 0. The first-order valence-corrected chi connectivity index (χ1v) is 5.10. The van der Waals surface area contributed by atoms with Crippen LogP contribution in [0.4, 0.5) is 11.5 Å². The highest BCUT2D eigenvalue weighted by molar-refractivity contribution is 5.98. The van der Waals surface area contributed by atoms with Crippen molar-refractivity contribution in [1.29, 1.82) is 0 Å². The predicted octanol–water partition coefficient (Wildman–Crippen LogP) is 0.958. The van der Waals surface area contributed by atoms with Gasteiger partial charge >= 0.3 is 0 Å². The minimum Gasteiger partial charge on any atom is -0.383 e. The van der Waals surface area contributed by atoms with Crippen molar-refractivity contribution >= 4 is 17.4 Å². The Morgan fingerprint density at radius 3 is 2.82 bits per heavy atom. The second-order valence-corrected chi connectivity index (χ2v) is 3.99. The molecule has 0 unspecified atom stereocenters. The molecule has 0 spiro atoms. The summed E-state index contributed by atoms with van der Waals surface area (Å²) < 4.78 is 0. The van der Waals surface area contributed by atoms with E-state index in [-0.39, 0.29) is 23.0 Å². The molecule has 1 heterocycles. The number of nitrogens with zero attached hydrogens (tertiary/aromatic N) is 2. The van der Waals surface area contributed by atoms with Crippen molar-refractivity contribution in [2.45, 2.75) is 13.8 Å². The molecule has 0 aliphatic carbocycles. The lowest BCUT2D eigenvalue weighted by molar-refractivity contribution is -0.385. The lowest BCUT2D eigenvalue weighted by Gasteiger charge is -2.08. The van der Waals surface area contributed by atoms with Gasteiger partial charge in [0.25, 0.3) is 11.6 Å². The third-order valence-electron chi connectivity index (χ3n) is 2.03. The van der Waals surface area contributed by atoms with Gasteiger partial charge in [0.1, 0.15) is 12.0 Å².